The Hall–Kier alpha value is -2.36. The van der Waals surface area contributed by atoms with Gasteiger partial charge in [0.25, 0.3) is 5.91 Å². The number of fused-ring (bicyclic) bond motifs is 1. The second-order valence-electron chi connectivity index (χ2n) is 8.03. The molecule has 0 radical (unpaired) electrons. The largest absolute Gasteiger partial charge is 0.374 e. The van der Waals surface area contributed by atoms with Crippen LogP contribution in [0.3, 0.4) is 0 Å². The summed E-state index contributed by atoms with van der Waals surface area (Å²) in [4.78, 5) is 21.7. The van der Waals surface area contributed by atoms with Crippen molar-refractivity contribution in [1.29, 1.82) is 5.41 Å². The highest BCUT2D eigenvalue weighted by Gasteiger charge is 2.50. The summed E-state index contributed by atoms with van der Waals surface area (Å²) in [6.07, 6.45) is 3.38. The summed E-state index contributed by atoms with van der Waals surface area (Å²) in [7, 11) is 1.67. The molecule has 0 aromatic heterocycles. The number of benzene rings is 2. The highest BCUT2D eigenvalue weighted by Crippen LogP contribution is 2.48. The number of nitrogens with one attached hydrogen (secondary N) is 2. The van der Waals surface area contributed by atoms with Crippen molar-refractivity contribution in [3.05, 3.63) is 69.9 Å². The smallest absolute Gasteiger partial charge is 0.257 e. The van der Waals surface area contributed by atoms with E-state index in [1.54, 1.807) is 49.7 Å². The van der Waals surface area contributed by atoms with Crippen LogP contribution in [0.5, 0.6) is 0 Å². The first-order valence-electron chi connectivity index (χ1n) is 10.6. The Bertz CT molecular complexity index is 1100. The maximum atomic E-state index is 15.1. The number of amidine groups is 1. The van der Waals surface area contributed by atoms with Crippen molar-refractivity contribution in [2.75, 3.05) is 19.4 Å². The number of rotatable bonds is 5. The van der Waals surface area contributed by atoms with E-state index < -0.39 is 5.54 Å². The lowest BCUT2D eigenvalue weighted by Gasteiger charge is -2.47. The van der Waals surface area contributed by atoms with E-state index in [4.69, 9.17) is 15.1 Å². The molecule has 2 aromatic carbocycles. The zero-order valence-electron chi connectivity index (χ0n) is 18.0. The van der Waals surface area contributed by atoms with Gasteiger partial charge in [0.15, 0.2) is 5.17 Å². The van der Waals surface area contributed by atoms with Gasteiger partial charge in [-0.2, -0.15) is 0 Å². The second-order valence-corrected chi connectivity index (χ2v) is 9.95. The van der Waals surface area contributed by atoms with Crippen molar-refractivity contribution in [3.63, 3.8) is 0 Å². The van der Waals surface area contributed by atoms with Crippen LogP contribution >= 0.6 is 27.7 Å². The first-order valence-corrected chi connectivity index (χ1v) is 12.3. The zero-order valence-corrected chi connectivity index (χ0v) is 20.4. The van der Waals surface area contributed by atoms with Crippen LogP contribution in [-0.4, -0.2) is 49.0 Å². The molecule has 2 aliphatic heterocycles. The molecule has 0 aliphatic carbocycles. The van der Waals surface area contributed by atoms with Gasteiger partial charge < -0.3 is 20.5 Å². The number of carbonyl (C=O) groups is 1. The SMILES string of the molecule is CN=CC(C=N)C1CC2CSC(NC(=O)c3ccccc3)=NC2(c2cc(Br)ccc2F)CO1. The van der Waals surface area contributed by atoms with E-state index in [1.165, 1.54) is 24.0 Å². The number of carbonyl (C=O) groups excluding carboxylic acids is 1. The van der Waals surface area contributed by atoms with Gasteiger partial charge in [0, 0.05) is 46.7 Å². The Morgan fingerprint density at radius 3 is 2.91 bits per heavy atom. The molecule has 4 rings (SSSR count). The van der Waals surface area contributed by atoms with E-state index in [0.717, 1.165) is 4.47 Å². The van der Waals surface area contributed by atoms with E-state index in [-0.39, 0.29) is 36.3 Å². The fourth-order valence-corrected chi connectivity index (χ4v) is 5.84. The first-order chi connectivity index (χ1) is 16.0. The number of nitrogens with zero attached hydrogens (tertiary/aromatic N) is 2. The van der Waals surface area contributed by atoms with Crippen molar-refractivity contribution in [2.24, 2.45) is 21.8 Å². The Kier molecular flexibility index (Phi) is 7.41. The number of amides is 1. The minimum atomic E-state index is -0.981. The summed E-state index contributed by atoms with van der Waals surface area (Å²) in [6.45, 7) is 0.142. The lowest BCUT2D eigenvalue weighted by atomic mass is 9.73. The van der Waals surface area contributed by atoms with Gasteiger partial charge in [-0.25, -0.2) is 9.38 Å². The predicted molar refractivity (Wildman–Crippen MR) is 134 cm³/mol. The molecule has 0 spiro atoms. The molecule has 2 N–H and O–H groups in total. The van der Waals surface area contributed by atoms with Gasteiger partial charge in [-0.05, 0) is 36.8 Å². The van der Waals surface area contributed by atoms with Crippen molar-refractivity contribution < 1.29 is 13.9 Å². The maximum absolute atomic E-state index is 15.1. The van der Waals surface area contributed by atoms with E-state index in [0.29, 0.717) is 28.5 Å². The Balaban J connectivity index is 1.70. The molecule has 33 heavy (non-hydrogen) atoms. The minimum absolute atomic E-state index is 0.0462. The number of thioether (sulfide) groups is 1. The number of ether oxygens (including phenoxy) is 1. The molecule has 4 atom stereocenters. The maximum Gasteiger partial charge on any atom is 0.257 e. The van der Waals surface area contributed by atoms with Crippen LogP contribution in [-0.2, 0) is 10.3 Å². The quantitative estimate of drug-likeness (QED) is 0.549. The normalized spacial score (nSPS) is 25.7. The van der Waals surface area contributed by atoms with Gasteiger partial charge in [0.05, 0.1) is 18.6 Å². The molecule has 1 saturated heterocycles. The Morgan fingerprint density at radius 1 is 1.39 bits per heavy atom. The Labute approximate surface area is 204 Å². The minimum Gasteiger partial charge on any atom is -0.374 e. The molecule has 0 bridgehead atoms. The van der Waals surface area contributed by atoms with E-state index in [9.17, 15) is 4.79 Å². The van der Waals surface area contributed by atoms with Crippen LogP contribution in [0.2, 0.25) is 0 Å². The lowest BCUT2D eigenvalue weighted by molar-refractivity contribution is -0.0610. The van der Waals surface area contributed by atoms with Gasteiger partial charge in [-0.15, -0.1) is 0 Å². The van der Waals surface area contributed by atoms with Gasteiger partial charge >= 0.3 is 0 Å². The third-order valence-corrected chi connectivity index (χ3v) is 7.56. The molecule has 6 nitrogen and oxygen atoms in total. The van der Waals surface area contributed by atoms with Crippen LogP contribution < -0.4 is 5.32 Å². The third kappa shape index (κ3) is 4.95. The average Bonchev–Trinajstić information content (AvgIpc) is 2.84. The number of hydrogen-bond acceptors (Lipinski definition) is 6. The van der Waals surface area contributed by atoms with Gasteiger partial charge in [-0.3, -0.25) is 4.79 Å². The molecular formula is C24H24BrFN4O2S. The Morgan fingerprint density at radius 2 is 2.18 bits per heavy atom. The van der Waals surface area contributed by atoms with Crippen LogP contribution in [0.25, 0.3) is 0 Å². The van der Waals surface area contributed by atoms with Crippen molar-refractivity contribution >= 4 is 51.2 Å². The summed E-state index contributed by atoms with van der Waals surface area (Å²) in [5, 5.41) is 11.1. The molecule has 9 heteroatoms. The highest BCUT2D eigenvalue weighted by atomic mass is 79.9. The number of halogens is 2. The van der Waals surface area contributed by atoms with Gasteiger partial charge in [0.2, 0.25) is 0 Å². The summed E-state index contributed by atoms with van der Waals surface area (Å²) in [6, 6.07) is 13.7. The van der Waals surface area contributed by atoms with Crippen LogP contribution in [0.15, 0.2) is 63.0 Å². The standard InChI is InChI=1S/C24H24BrFN4O2S/c1-28-12-16(11-27)21-9-17-13-33-23(29-22(31)15-5-3-2-4-6-15)30-24(17,14-32-21)19-10-18(25)7-8-20(19)26/h2-8,10-12,16-17,21,27H,9,13-14H2,1H3,(H,29,30,31). The van der Waals surface area contributed by atoms with Gasteiger partial charge in [-0.1, -0.05) is 45.9 Å². The molecule has 2 aromatic rings. The molecular weight excluding hydrogens is 507 g/mol. The lowest BCUT2D eigenvalue weighted by Crippen LogP contribution is -2.52. The molecule has 0 saturated carbocycles. The zero-order chi connectivity index (χ0) is 23.4. The van der Waals surface area contributed by atoms with E-state index in [1.807, 2.05) is 6.07 Å². The highest BCUT2D eigenvalue weighted by molar-refractivity contribution is 9.10. The molecule has 1 amide bonds. The van der Waals surface area contributed by atoms with Crippen molar-refractivity contribution in [3.8, 4) is 0 Å². The van der Waals surface area contributed by atoms with Crippen LogP contribution in [0, 0.1) is 23.1 Å². The average molecular weight is 531 g/mol. The third-order valence-electron chi connectivity index (χ3n) is 6.03. The first kappa shape index (κ1) is 23.8. The number of aliphatic imine (C=N–C) groups is 2. The molecule has 1 fully saturated rings. The topological polar surface area (TPSA) is 86.9 Å². The number of hydrogen-bond donors (Lipinski definition) is 2. The molecule has 2 aliphatic rings. The van der Waals surface area contributed by atoms with Crippen LogP contribution in [0.4, 0.5) is 4.39 Å². The summed E-state index contributed by atoms with van der Waals surface area (Å²) in [5.41, 5.74) is -0.0221. The van der Waals surface area contributed by atoms with E-state index in [2.05, 4.69) is 26.2 Å². The summed E-state index contributed by atoms with van der Waals surface area (Å²) in [5.74, 6) is -0.298. The van der Waals surface area contributed by atoms with Gasteiger partial charge in [0.1, 0.15) is 11.4 Å². The summed E-state index contributed by atoms with van der Waals surface area (Å²) < 4.78 is 22.1. The molecule has 172 valence electrons. The summed E-state index contributed by atoms with van der Waals surface area (Å²) >= 11 is 4.90. The van der Waals surface area contributed by atoms with Crippen LogP contribution in [0.1, 0.15) is 22.3 Å². The fraction of sp³-hybridized carbons (Fsp3) is 0.333. The van der Waals surface area contributed by atoms with Crippen molar-refractivity contribution in [1.82, 2.24) is 5.32 Å². The molecule has 4 unspecified atom stereocenters. The molecule has 2 heterocycles. The predicted octanol–water partition coefficient (Wildman–Crippen LogP) is 4.69. The van der Waals surface area contributed by atoms with Crippen molar-refractivity contribution in [2.45, 2.75) is 18.1 Å². The second kappa shape index (κ2) is 10.3. The fourth-order valence-electron chi connectivity index (χ4n) is 4.31. The monoisotopic (exact) mass is 530 g/mol. The van der Waals surface area contributed by atoms with E-state index >= 15 is 4.39 Å².